The summed E-state index contributed by atoms with van der Waals surface area (Å²) in [6, 6.07) is 1.60. The maximum absolute atomic E-state index is 11.5. The maximum Gasteiger partial charge on any atom is 0.181 e. The Labute approximate surface area is 100 Å². The molecule has 17 heavy (non-hydrogen) atoms. The number of carbonyl (C=O) groups excluding carboxylic acids is 1. The van der Waals surface area contributed by atoms with Crippen LogP contribution in [-0.4, -0.2) is 30.9 Å². The lowest BCUT2D eigenvalue weighted by Gasteiger charge is -2.20. The third kappa shape index (κ3) is 3.15. The molecule has 1 fully saturated rings. The lowest BCUT2D eigenvalue weighted by atomic mass is 10.00. The number of Topliss-reactive ketones (excluding diaryl/α,β-unsaturated/α-hetero) is 1. The topological polar surface area (TPSA) is 77.2 Å². The summed E-state index contributed by atoms with van der Waals surface area (Å²) in [6.07, 6.45) is 2.13. The van der Waals surface area contributed by atoms with E-state index < -0.39 is 9.84 Å². The molecule has 6 heteroatoms. The van der Waals surface area contributed by atoms with Crippen LogP contribution >= 0.6 is 0 Å². The van der Waals surface area contributed by atoms with E-state index in [-0.39, 0.29) is 17.5 Å². The summed E-state index contributed by atoms with van der Waals surface area (Å²) in [4.78, 5) is 11.0. The van der Waals surface area contributed by atoms with Crippen molar-refractivity contribution in [2.24, 2.45) is 5.92 Å². The Kier molecular flexibility index (Phi) is 3.33. The van der Waals surface area contributed by atoms with E-state index in [2.05, 4.69) is 5.16 Å². The zero-order chi connectivity index (χ0) is 12.5. The molecule has 0 spiro atoms. The van der Waals surface area contributed by atoms with Crippen LogP contribution in [0, 0.1) is 5.92 Å². The molecule has 1 unspecified atom stereocenters. The summed E-state index contributed by atoms with van der Waals surface area (Å²) in [5.74, 6) is 1.04. The van der Waals surface area contributed by atoms with Crippen LogP contribution in [-0.2, 0) is 16.3 Å². The monoisotopic (exact) mass is 257 g/mol. The molecule has 2 rings (SSSR count). The molecule has 1 atom stereocenters. The predicted octanol–water partition coefficient (Wildman–Crippen LogP) is 1.24. The average molecular weight is 257 g/mol. The SMILES string of the molecule is CC(=O)c1cc(CC2CCCS(=O)(=O)C2)on1. The molecule has 0 radical (unpaired) electrons. The second-order valence-corrected chi connectivity index (χ2v) is 6.79. The average Bonchev–Trinajstić information content (AvgIpc) is 2.64. The normalized spacial score (nSPS) is 23.5. The quantitative estimate of drug-likeness (QED) is 0.761. The summed E-state index contributed by atoms with van der Waals surface area (Å²) in [5.41, 5.74) is 0.304. The van der Waals surface area contributed by atoms with Gasteiger partial charge in [0.15, 0.2) is 15.6 Å². The Morgan fingerprint density at radius 3 is 2.94 bits per heavy atom. The van der Waals surface area contributed by atoms with Crippen molar-refractivity contribution >= 4 is 15.6 Å². The molecule has 0 aliphatic carbocycles. The second-order valence-electron chi connectivity index (χ2n) is 4.56. The van der Waals surface area contributed by atoms with E-state index in [0.29, 0.717) is 30.0 Å². The van der Waals surface area contributed by atoms with Gasteiger partial charge in [-0.25, -0.2) is 8.42 Å². The summed E-state index contributed by atoms with van der Waals surface area (Å²) < 4.78 is 28.0. The Balaban J connectivity index is 2.03. The zero-order valence-electron chi connectivity index (χ0n) is 9.68. The van der Waals surface area contributed by atoms with E-state index in [1.165, 1.54) is 6.92 Å². The van der Waals surface area contributed by atoms with E-state index in [4.69, 9.17) is 4.52 Å². The van der Waals surface area contributed by atoms with Crippen LogP contribution in [0.2, 0.25) is 0 Å². The first-order valence-corrected chi connectivity index (χ1v) is 7.45. The molecule has 1 aromatic rings. The van der Waals surface area contributed by atoms with Crippen molar-refractivity contribution in [3.05, 3.63) is 17.5 Å². The van der Waals surface area contributed by atoms with Crippen molar-refractivity contribution < 1.29 is 17.7 Å². The molecule has 94 valence electrons. The fraction of sp³-hybridized carbons (Fsp3) is 0.636. The van der Waals surface area contributed by atoms with Gasteiger partial charge in [0.1, 0.15) is 11.5 Å². The molecule has 0 aromatic carbocycles. The largest absolute Gasteiger partial charge is 0.361 e. The van der Waals surface area contributed by atoms with Gasteiger partial charge in [-0.15, -0.1) is 0 Å². The van der Waals surface area contributed by atoms with Crippen molar-refractivity contribution in [3.63, 3.8) is 0 Å². The minimum atomic E-state index is -2.89. The van der Waals surface area contributed by atoms with Gasteiger partial charge in [-0.05, 0) is 18.8 Å². The minimum absolute atomic E-state index is 0.0847. The molecule has 2 heterocycles. The first-order chi connectivity index (χ1) is 7.96. The Bertz CT molecular complexity index is 517. The molecule has 1 saturated heterocycles. The number of ketones is 1. The minimum Gasteiger partial charge on any atom is -0.361 e. The third-order valence-electron chi connectivity index (χ3n) is 2.97. The smallest absolute Gasteiger partial charge is 0.181 e. The highest BCUT2D eigenvalue weighted by atomic mass is 32.2. The second kappa shape index (κ2) is 4.60. The van der Waals surface area contributed by atoms with Crippen LogP contribution in [0.3, 0.4) is 0 Å². The van der Waals surface area contributed by atoms with Gasteiger partial charge in [-0.1, -0.05) is 5.16 Å². The van der Waals surface area contributed by atoms with Crippen molar-refractivity contribution in [2.75, 3.05) is 11.5 Å². The number of hydrogen-bond acceptors (Lipinski definition) is 5. The molecule has 0 saturated carbocycles. The van der Waals surface area contributed by atoms with Crippen LogP contribution in [0.5, 0.6) is 0 Å². The van der Waals surface area contributed by atoms with Crippen LogP contribution < -0.4 is 0 Å². The van der Waals surface area contributed by atoms with E-state index >= 15 is 0 Å². The van der Waals surface area contributed by atoms with Gasteiger partial charge >= 0.3 is 0 Å². The van der Waals surface area contributed by atoms with Crippen LogP contribution in [0.15, 0.2) is 10.6 Å². The van der Waals surface area contributed by atoms with Gasteiger partial charge in [0, 0.05) is 19.4 Å². The number of carbonyl (C=O) groups is 1. The molecule has 1 aliphatic rings. The highest BCUT2D eigenvalue weighted by molar-refractivity contribution is 7.91. The number of hydrogen-bond donors (Lipinski definition) is 0. The number of aromatic nitrogens is 1. The van der Waals surface area contributed by atoms with Crippen LogP contribution in [0.25, 0.3) is 0 Å². The zero-order valence-corrected chi connectivity index (χ0v) is 10.5. The van der Waals surface area contributed by atoms with Gasteiger partial charge < -0.3 is 4.52 Å². The van der Waals surface area contributed by atoms with Crippen LogP contribution in [0.4, 0.5) is 0 Å². The number of nitrogens with zero attached hydrogens (tertiary/aromatic N) is 1. The molecule has 1 aliphatic heterocycles. The third-order valence-corrected chi connectivity index (χ3v) is 4.86. The van der Waals surface area contributed by atoms with E-state index in [1.54, 1.807) is 6.07 Å². The Morgan fingerprint density at radius 2 is 2.35 bits per heavy atom. The molecule has 5 nitrogen and oxygen atoms in total. The molecular weight excluding hydrogens is 242 g/mol. The van der Waals surface area contributed by atoms with Gasteiger partial charge in [0.2, 0.25) is 0 Å². The number of rotatable bonds is 3. The van der Waals surface area contributed by atoms with Crippen molar-refractivity contribution in [3.8, 4) is 0 Å². The highest BCUT2D eigenvalue weighted by Gasteiger charge is 2.26. The summed E-state index contributed by atoms with van der Waals surface area (Å²) in [6.45, 7) is 1.42. The molecule has 0 N–H and O–H groups in total. The first kappa shape index (κ1) is 12.3. The van der Waals surface area contributed by atoms with Crippen molar-refractivity contribution in [1.29, 1.82) is 0 Å². The maximum atomic E-state index is 11.5. The fourth-order valence-corrected chi connectivity index (χ4v) is 3.91. The molecular formula is C11H15NO4S. The van der Waals surface area contributed by atoms with Gasteiger partial charge in [-0.3, -0.25) is 4.79 Å². The van der Waals surface area contributed by atoms with E-state index in [9.17, 15) is 13.2 Å². The Morgan fingerprint density at radius 1 is 1.59 bits per heavy atom. The van der Waals surface area contributed by atoms with Crippen molar-refractivity contribution in [2.45, 2.75) is 26.2 Å². The highest BCUT2D eigenvalue weighted by Crippen LogP contribution is 2.22. The lowest BCUT2D eigenvalue weighted by Crippen LogP contribution is -2.26. The number of sulfone groups is 1. The summed E-state index contributed by atoms with van der Waals surface area (Å²) in [7, 11) is -2.89. The first-order valence-electron chi connectivity index (χ1n) is 5.63. The van der Waals surface area contributed by atoms with E-state index in [1.807, 2.05) is 0 Å². The van der Waals surface area contributed by atoms with E-state index in [0.717, 1.165) is 6.42 Å². The van der Waals surface area contributed by atoms with Gasteiger partial charge in [-0.2, -0.15) is 0 Å². The van der Waals surface area contributed by atoms with Crippen LogP contribution in [0.1, 0.15) is 36.0 Å². The predicted molar refractivity (Wildman–Crippen MR) is 61.6 cm³/mol. The lowest BCUT2D eigenvalue weighted by molar-refractivity contribution is 0.100. The standard InChI is InChI=1S/C11H15NO4S/c1-8(13)11-6-10(16-12-11)5-9-3-2-4-17(14,15)7-9/h6,9H,2-5,7H2,1H3. The molecule has 0 amide bonds. The molecule has 1 aromatic heterocycles. The molecule has 0 bridgehead atoms. The van der Waals surface area contributed by atoms with Gasteiger partial charge in [0.25, 0.3) is 0 Å². The Hall–Kier alpha value is -1.17. The summed E-state index contributed by atoms with van der Waals surface area (Å²) in [5, 5.41) is 3.64. The summed E-state index contributed by atoms with van der Waals surface area (Å²) >= 11 is 0. The fourth-order valence-electron chi connectivity index (χ4n) is 2.14. The van der Waals surface area contributed by atoms with Crippen molar-refractivity contribution in [1.82, 2.24) is 5.16 Å². The van der Waals surface area contributed by atoms with Gasteiger partial charge in [0.05, 0.1) is 11.5 Å².